The van der Waals surface area contributed by atoms with E-state index in [1.54, 1.807) is 13.0 Å². The zero-order valence-electron chi connectivity index (χ0n) is 14.6. The lowest BCUT2D eigenvalue weighted by Gasteiger charge is -2.25. The van der Waals surface area contributed by atoms with Crippen molar-refractivity contribution in [3.05, 3.63) is 58.5 Å². The van der Waals surface area contributed by atoms with Crippen molar-refractivity contribution in [3.8, 4) is 5.82 Å². The number of hydrogen-bond acceptors (Lipinski definition) is 5. The van der Waals surface area contributed by atoms with Crippen molar-refractivity contribution >= 4 is 34.5 Å². The van der Waals surface area contributed by atoms with Gasteiger partial charge in [-0.15, -0.1) is 0 Å². The smallest absolute Gasteiger partial charge is 0.226 e. The average Bonchev–Trinajstić information content (AvgIpc) is 3.26. The molecule has 1 amide bonds. The molecule has 28 heavy (non-hydrogen) atoms. The summed E-state index contributed by atoms with van der Waals surface area (Å²) in [5.74, 6) is -0.387. The molecule has 0 fully saturated rings. The molecule has 5 rings (SSSR count). The van der Waals surface area contributed by atoms with E-state index >= 15 is 0 Å². The topological polar surface area (TPSA) is 101 Å². The highest BCUT2D eigenvalue weighted by Gasteiger charge is 2.35. The van der Waals surface area contributed by atoms with Crippen LogP contribution in [0.3, 0.4) is 0 Å². The van der Waals surface area contributed by atoms with Crippen LogP contribution in [0.25, 0.3) is 17.0 Å². The Morgan fingerprint density at radius 3 is 2.93 bits per heavy atom. The van der Waals surface area contributed by atoms with E-state index in [0.717, 1.165) is 0 Å². The monoisotopic (exact) mass is 397 g/mol. The van der Waals surface area contributed by atoms with Crippen molar-refractivity contribution in [1.29, 1.82) is 0 Å². The summed E-state index contributed by atoms with van der Waals surface area (Å²) >= 11 is 6.28. The highest BCUT2D eigenvalue weighted by atomic mass is 35.5. The largest absolute Gasteiger partial charge is 0.340 e. The van der Waals surface area contributed by atoms with Gasteiger partial charge in [-0.05, 0) is 19.1 Å². The fourth-order valence-corrected chi connectivity index (χ4v) is 4.00. The lowest BCUT2D eigenvalue weighted by atomic mass is 9.85. The van der Waals surface area contributed by atoms with Crippen molar-refractivity contribution in [2.45, 2.75) is 19.3 Å². The standard InChI is InChI=1S/C18H13ClFN7O/c1-8-13-9(14-10(19)3-2-4-11(14)20)5-12(28)25-17(13)27(26-8)18-15-16(22-6-21-15)23-7-24-18/h2-4,6-7,9H,5H2,1H3,(H,25,28)(H,21,22,23,24)/t9-/m0/s1. The van der Waals surface area contributed by atoms with Gasteiger partial charge in [-0.25, -0.2) is 19.3 Å². The summed E-state index contributed by atoms with van der Waals surface area (Å²) in [4.78, 5) is 28.0. The summed E-state index contributed by atoms with van der Waals surface area (Å²) in [5.41, 5.74) is 2.69. The fraction of sp³-hybridized carbons (Fsp3) is 0.167. The van der Waals surface area contributed by atoms with Crippen LogP contribution in [0.2, 0.25) is 5.02 Å². The van der Waals surface area contributed by atoms with Gasteiger partial charge in [0.05, 0.1) is 12.0 Å². The molecule has 0 aliphatic carbocycles. The normalized spacial score (nSPS) is 16.2. The number of amides is 1. The molecular weight excluding hydrogens is 385 g/mol. The number of carbonyl (C=O) groups excluding carboxylic acids is 1. The van der Waals surface area contributed by atoms with Gasteiger partial charge in [0.2, 0.25) is 5.91 Å². The lowest BCUT2D eigenvalue weighted by molar-refractivity contribution is -0.116. The maximum absolute atomic E-state index is 14.6. The van der Waals surface area contributed by atoms with Crippen LogP contribution in [0.1, 0.15) is 29.2 Å². The number of anilines is 1. The SMILES string of the molecule is Cc1nn(-c2ncnc3nc[nH]c23)c2c1[C@@H](c1c(F)cccc1Cl)CC(=O)N2. The highest BCUT2D eigenvalue weighted by molar-refractivity contribution is 6.31. The van der Waals surface area contributed by atoms with Crippen LogP contribution in [0, 0.1) is 12.7 Å². The number of hydrogen-bond donors (Lipinski definition) is 2. The molecule has 1 aliphatic rings. The summed E-state index contributed by atoms with van der Waals surface area (Å²) in [6.45, 7) is 1.81. The molecule has 4 aromatic rings. The third kappa shape index (κ3) is 2.40. The minimum atomic E-state index is -0.551. The number of fused-ring (bicyclic) bond motifs is 2. The fourth-order valence-electron chi connectivity index (χ4n) is 3.70. The van der Waals surface area contributed by atoms with E-state index < -0.39 is 11.7 Å². The van der Waals surface area contributed by atoms with Gasteiger partial charge in [0.25, 0.3) is 0 Å². The van der Waals surface area contributed by atoms with Crippen LogP contribution in [0.15, 0.2) is 30.9 Å². The van der Waals surface area contributed by atoms with Crippen molar-refractivity contribution in [3.63, 3.8) is 0 Å². The van der Waals surface area contributed by atoms with Crippen LogP contribution in [-0.4, -0.2) is 35.6 Å². The molecule has 2 N–H and O–H groups in total. The first-order valence-corrected chi connectivity index (χ1v) is 8.90. The van der Waals surface area contributed by atoms with Crippen molar-refractivity contribution in [2.24, 2.45) is 0 Å². The zero-order valence-corrected chi connectivity index (χ0v) is 15.3. The molecule has 0 unspecified atom stereocenters. The number of aryl methyl sites for hydroxylation is 1. The summed E-state index contributed by atoms with van der Waals surface area (Å²) in [7, 11) is 0. The van der Waals surface area contributed by atoms with Crippen LogP contribution < -0.4 is 5.32 Å². The molecule has 140 valence electrons. The minimum absolute atomic E-state index is 0.0728. The van der Waals surface area contributed by atoms with E-state index in [0.29, 0.717) is 34.1 Å². The number of carbonyl (C=O) groups is 1. The van der Waals surface area contributed by atoms with E-state index in [2.05, 4.69) is 30.4 Å². The molecule has 0 saturated heterocycles. The Kier molecular flexibility index (Phi) is 3.66. The van der Waals surface area contributed by atoms with E-state index in [1.165, 1.54) is 29.5 Å². The van der Waals surface area contributed by atoms with Crippen molar-refractivity contribution in [1.82, 2.24) is 29.7 Å². The average molecular weight is 398 g/mol. The van der Waals surface area contributed by atoms with Crippen LogP contribution in [-0.2, 0) is 4.79 Å². The number of nitrogens with zero attached hydrogens (tertiary/aromatic N) is 5. The summed E-state index contributed by atoms with van der Waals surface area (Å²) in [6.07, 6.45) is 2.95. The van der Waals surface area contributed by atoms with E-state index in [4.69, 9.17) is 11.6 Å². The van der Waals surface area contributed by atoms with Gasteiger partial charge in [-0.2, -0.15) is 9.78 Å². The van der Waals surface area contributed by atoms with Gasteiger partial charge in [-0.3, -0.25) is 4.79 Å². The van der Waals surface area contributed by atoms with Crippen LogP contribution in [0.4, 0.5) is 10.2 Å². The van der Waals surface area contributed by atoms with E-state index in [9.17, 15) is 9.18 Å². The Balaban J connectivity index is 1.76. The van der Waals surface area contributed by atoms with E-state index in [1.807, 2.05) is 0 Å². The quantitative estimate of drug-likeness (QED) is 0.541. The molecular formula is C18H13ClFN7O. The number of benzene rings is 1. The van der Waals surface area contributed by atoms with E-state index in [-0.39, 0.29) is 22.9 Å². The molecule has 3 aromatic heterocycles. The molecule has 0 radical (unpaired) electrons. The van der Waals surface area contributed by atoms with Gasteiger partial charge in [0.15, 0.2) is 11.5 Å². The second kappa shape index (κ2) is 6.10. The van der Waals surface area contributed by atoms with Gasteiger partial charge < -0.3 is 10.3 Å². The first kappa shape index (κ1) is 16.8. The lowest BCUT2D eigenvalue weighted by Crippen LogP contribution is -2.25. The molecule has 10 heteroatoms. The Morgan fingerprint density at radius 1 is 1.25 bits per heavy atom. The van der Waals surface area contributed by atoms with Gasteiger partial charge in [0.1, 0.15) is 23.5 Å². The Hall–Kier alpha value is -3.33. The molecule has 4 heterocycles. The predicted octanol–water partition coefficient (Wildman–Crippen LogP) is 3.11. The number of rotatable bonds is 2. The maximum atomic E-state index is 14.6. The third-order valence-electron chi connectivity index (χ3n) is 4.85. The maximum Gasteiger partial charge on any atom is 0.226 e. The number of imidazole rings is 1. The number of aromatic nitrogens is 6. The predicted molar refractivity (Wildman–Crippen MR) is 100 cm³/mol. The second-order valence-corrected chi connectivity index (χ2v) is 6.91. The summed E-state index contributed by atoms with van der Waals surface area (Å²) in [6, 6.07) is 4.49. The van der Waals surface area contributed by atoms with Crippen molar-refractivity contribution in [2.75, 3.05) is 5.32 Å². The molecule has 1 atom stereocenters. The molecule has 8 nitrogen and oxygen atoms in total. The van der Waals surface area contributed by atoms with Gasteiger partial charge >= 0.3 is 0 Å². The molecule has 1 aromatic carbocycles. The van der Waals surface area contributed by atoms with Gasteiger partial charge in [0, 0.05) is 28.5 Å². The molecule has 0 spiro atoms. The number of H-pyrrole nitrogens is 1. The number of halogens is 2. The first-order valence-electron chi connectivity index (χ1n) is 8.52. The first-order chi connectivity index (χ1) is 13.5. The Bertz CT molecular complexity index is 1230. The third-order valence-corrected chi connectivity index (χ3v) is 5.18. The van der Waals surface area contributed by atoms with Gasteiger partial charge in [-0.1, -0.05) is 17.7 Å². The molecule has 0 bridgehead atoms. The summed E-state index contributed by atoms with van der Waals surface area (Å²) < 4.78 is 16.1. The second-order valence-electron chi connectivity index (χ2n) is 6.50. The Morgan fingerprint density at radius 2 is 2.11 bits per heavy atom. The number of aromatic amines is 1. The van der Waals surface area contributed by atoms with Crippen molar-refractivity contribution < 1.29 is 9.18 Å². The Labute approximate surface area is 162 Å². The van der Waals surface area contributed by atoms with Crippen LogP contribution >= 0.6 is 11.6 Å². The molecule has 0 saturated carbocycles. The van der Waals surface area contributed by atoms with Crippen LogP contribution in [0.5, 0.6) is 0 Å². The summed E-state index contributed by atoms with van der Waals surface area (Å²) in [5, 5.41) is 7.68. The minimum Gasteiger partial charge on any atom is -0.340 e. The highest BCUT2D eigenvalue weighted by Crippen LogP contribution is 2.43. The zero-order chi connectivity index (χ0) is 19.4. The molecule has 1 aliphatic heterocycles. The number of nitrogens with one attached hydrogen (secondary N) is 2.